The van der Waals surface area contributed by atoms with E-state index in [4.69, 9.17) is 17.2 Å². The number of guanidine groups is 1. The fourth-order valence-corrected chi connectivity index (χ4v) is 2.48. The van der Waals surface area contributed by atoms with E-state index >= 15 is 0 Å². The number of carboxylic acids is 1. The summed E-state index contributed by atoms with van der Waals surface area (Å²) in [6, 6.07) is -4.82. The molecule has 0 aliphatic heterocycles. The number of aliphatic hydroxyl groups excluding tert-OH is 1. The van der Waals surface area contributed by atoms with E-state index in [0.717, 1.165) is 0 Å². The number of aliphatic imine (C=N–C) groups is 1. The predicted molar refractivity (Wildman–Crippen MR) is 116 cm³/mol. The first kappa shape index (κ1) is 27.8. The van der Waals surface area contributed by atoms with Gasteiger partial charge in [-0.05, 0) is 12.8 Å². The van der Waals surface area contributed by atoms with E-state index in [-0.39, 0.29) is 36.9 Å². The van der Waals surface area contributed by atoms with E-state index in [2.05, 4.69) is 46.2 Å². The van der Waals surface area contributed by atoms with Gasteiger partial charge in [0.2, 0.25) is 17.7 Å². The Hall–Kier alpha value is -2.23. The summed E-state index contributed by atoms with van der Waals surface area (Å²) in [5, 5.41) is 25.5. The van der Waals surface area contributed by atoms with Gasteiger partial charge in [-0.25, -0.2) is 4.79 Å². The molecule has 0 rings (SSSR count). The molecule has 0 aromatic rings. The smallest absolute Gasteiger partial charge is 0.326 e. The highest BCUT2D eigenvalue weighted by Gasteiger charge is 2.29. The molecule has 0 heterocycles. The number of aliphatic carboxylic acids is 1. The van der Waals surface area contributed by atoms with Gasteiger partial charge in [0.15, 0.2) is 5.96 Å². The maximum Gasteiger partial charge on any atom is 0.326 e. The number of carboxylic acid groups (broad SMARTS) is 1. The number of nitrogens with one attached hydrogen (secondary N) is 3. The number of hydrogen-bond acceptors (Lipinski definition) is 9. The Morgan fingerprint density at radius 2 is 1.43 bits per heavy atom. The summed E-state index contributed by atoms with van der Waals surface area (Å²) in [6.45, 7) is -0.638. The van der Waals surface area contributed by atoms with Crippen LogP contribution >= 0.6 is 25.3 Å². The van der Waals surface area contributed by atoms with Crippen LogP contribution < -0.4 is 33.2 Å². The molecule has 0 bridgehead atoms. The van der Waals surface area contributed by atoms with Gasteiger partial charge in [0.05, 0.1) is 12.6 Å². The van der Waals surface area contributed by atoms with Gasteiger partial charge in [0.1, 0.15) is 18.1 Å². The van der Waals surface area contributed by atoms with E-state index in [1.807, 2.05) is 0 Å². The minimum Gasteiger partial charge on any atom is -0.480 e. The summed E-state index contributed by atoms with van der Waals surface area (Å²) in [5.74, 6) is -3.88. The van der Waals surface area contributed by atoms with Crippen molar-refractivity contribution in [1.29, 1.82) is 0 Å². The standard InChI is InChI=1S/C15H29N7O6S2/c16-7(5-29)11(24)22-10(6-30)13(26)21-9(4-23)12(25)20-8(14(27)28)2-1-3-19-15(17)18/h7-10,23,29-30H,1-6,16H2,(H,20,25)(H,21,26)(H,22,24)(H,27,28)(H4,17,18,19). The molecule has 0 aromatic carbocycles. The molecule has 13 nitrogen and oxygen atoms in total. The van der Waals surface area contributed by atoms with Gasteiger partial charge in [-0.3, -0.25) is 19.4 Å². The first-order valence-corrected chi connectivity index (χ1v) is 10.1. The zero-order valence-electron chi connectivity index (χ0n) is 16.2. The number of carbonyl (C=O) groups is 4. The lowest BCUT2D eigenvalue weighted by atomic mass is 10.1. The lowest BCUT2D eigenvalue weighted by Gasteiger charge is -2.23. The van der Waals surface area contributed by atoms with E-state index in [9.17, 15) is 29.4 Å². The lowest BCUT2D eigenvalue weighted by Crippen LogP contribution is -2.58. The van der Waals surface area contributed by atoms with Gasteiger partial charge in [0.25, 0.3) is 0 Å². The molecule has 0 aliphatic carbocycles. The Kier molecular flexibility index (Phi) is 13.6. The third-order valence-electron chi connectivity index (χ3n) is 3.72. The zero-order chi connectivity index (χ0) is 23.3. The Morgan fingerprint density at radius 3 is 1.90 bits per heavy atom. The van der Waals surface area contributed by atoms with Gasteiger partial charge in [-0.15, -0.1) is 0 Å². The molecule has 4 unspecified atom stereocenters. The molecule has 15 heteroatoms. The Labute approximate surface area is 184 Å². The van der Waals surface area contributed by atoms with Gasteiger partial charge in [0, 0.05) is 18.1 Å². The SMILES string of the molecule is NC(N)=NCCCC(NC(=O)C(CO)NC(=O)C(CS)NC(=O)C(N)CS)C(=O)O. The number of carbonyl (C=O) groups excluding carboxylic acids is 3. The second-order valence-corrected chi connectivity index (χ2v) is 6.86. The van der Waals surface area contributed by atoms with Crippen molar-refractivity contribution in [3.8, 4) is 0 Å². The van der Waals surface area contributed by atoms with Crippen molar-refractivity contribution in [3.05, 3.63) is 0 Å². The summed E-state index contributed by atoms with van der Waals surface area (Å²) < 4.78 is 0. The molecular weight excluding hydrogens is 438 g/mol. The molecule has 0 radical (unpaired) electrons. The van der Waals surface area contributed by atoms with Crippen LogP contribution in [0.25, 0.3) is 0 Å². The number of amides is 3. The molecule has 0 fully saturated rings. The Balaban J connectivity index is 4.92. The van der Waals surface area contributed by atoms with E-state index < -0.39 is 54.5 Å². The molecule has 0 aromatic heterocycles. The average Bonchev–Trinajstić information content (AvgIpc) is 2.70. The first-order chi connectivity index (χ1) is 14.1. The number of nitrogens with zero attached hydrogens (tertiary/aromatic N) is 1. The second-order valence-electron chi connectivity index (χ2n) is 6.12. The van der Waals surface area contributed by atoms with Crippen LogP contribution in [0.4, 0.5) is 0 Å². The van der Waals surface area contributed by atoms with Crippen molar-refractivity contribution >= 4 is 54.9 Å². The number of hydrogen-bond donors (Lipinski definition) is 10. The van der Waals surface area contributed by atoms with Crippen LogP contribution in [-0.2, 0) is 19.2 Å². The molecule has 0 aliphatic rings. The second kappa shape index (κ2) is 14.7. The van der Waals surface area contributed by atoms with Gasteiger partial charge >= 0.3 is 5.97 Å². The lowest BCUT2D eigenvalue weighted by molar-refractivity contribution is -0.142. The molecule has 30 heavy (non-hydrogen) atoms. The van der Waals surface area contributed by atoms with Crippen LogP contribution in [0.2, 0.25) is 0 Å². The minimum absolute atomic E-state index is 0.0148. The predicted octanol–water partition coefficient (Wildman–Crippen LogP) is -4.24. The molecular formula is C15H29N7O6S2. The van der Waals surface area contributed by atoms with Crippen LogP contribution in [-0.4, -0.2) is 88.7 Å². The first-order valence-electron chi connectivity index (χ1n) is 8.84. The summed E-state index contributed by atoms with van der Waals surface area (Å²) >= 11 is 7.86. The number of aliphatic hydroxyl groups is 1. The van der Waals surface area contributed by atoms with Gasteiger partial charge < -0.3 is 43.4 Å². The largest absolute Gasteiger partial charge is 0.480 e. The maximum atomic E-state index is 12.3. The summed E-state index contributed by atoms with van der Waals surface area (Å²) in [5.41, 5.74) is 15.9. The van der Waals surface area contributed by atoms with Gasteiger partial charge in [-0.1, -0.05) is 0 Å². The third kappa shape index (κ3) is 10.5. The highest BCUT2D eigenvalue weighted by atomic mass is 32.1. The van der Waals surface area contributed by atoms with Crippen molar-refractivity contribution in [2.75, 3.05) is 24.7 Å². The number of thiol groups is 2. The topological polar surface area (TPSA) is 235 Å². The fourth-order valence-electron chi connectivity index (χ4n) is 2.06. The highest BCUT2D eigenvalue weighted by Crippen LogP contribution is 2.00. The summed E-state index contributed by atoms with van der Waals surface area (Å²) in [7, 11) is 0. The van der Waals surface area contributed by atoms with E-state index in [0.29, 0.717) is 0 Å². The Bertz CT molecular complexity index is 633. The number of nitrogens with two attached hydrogens (primary N) is 3. The molecule has 0 saturated carbocycles. The highest BCUT2D eigenvalue weighted by molar-refractivity contribution is 7.80. The van der Waals surface area contributed by atoms with Crippen LogP contribution in [0.3, 0.4) is 0 Å². The van der Waals surface area contributed by atoms with Crippen molar-refractivity contribution < 1.29 is 29.4 Å². The van der Waals surface area contributed by atoms with Crippen LogP contribution in [0, 0.1) is 0 Å². The molecule has 3 amide bonds. The van der Waals surface area contributed by atoms with Crippen molar-refractivity contribution in [2.24, 2.45) is 22.2 Å². The molecule has 0 saturated heterocycles. The Morgan fingerprint density at radius 1 is 0.900 bits per heavy atom. The quantitative estimate of drug-likeness (QED) is 0.0514. The molecule has 0 spiro atoms. The van der Waals surface area contributed by atoms with E-state index in [1.165, 1.54) is 0 Å². The summed E-state index contributed by atoms with van der Waals surface area (Å²) in [4.78, 5) is 51.5. The van der Waals surface area contributed by atoms with E-state index in [1.54, 1.807) is 0 Å². The maximum absolute atomic E-state index is 12.3. The van der Waals surface area contributed by atoms with Gasteiger partial charge in [-0.2, -0.15) is 25.3 Å². The third-order valence-corrected chi connectivity index (χ3v) is 4.48. The van der Waals surface area contributed by atoms with Crippen LogP contribution in [0.5, 0.6) is 0 Å². The van der Waals surface area contributed by atoms with Crippen molar-refractivity contribution in [3.63, 3.8) is 0 Å². The molecule has 11 N–H and O–H groups in total. The molecule has 172 valence electrons. The number of rotatable bonds is 14. The van der Waals surface area contributed by atoms with Crippen molar-refractivity contribution in [1.82, 2.24) is 16.0 Å². The fraction of sp³-hybridized carbons (Fsp3) is 0.667. The zero-order valence-corrected chi connectivity index (χ0v) is 17.9. The monoisotopic (exact) mass is 467 g/mol. The average molecular weight is 468 g/mol. The normalized spacial score (nSPS) is 14.5. The van der Waals surface area contributed by atoms with Crippen molar-refractivity contribution in [2.45, 2.75) is 37.0 Å². The minimum atomic E-state index is -1.45. The van der Waals surface area contributed by atoms with Crippen LogP contribution in [0.1, 0.15) is 12.8 Å². The van der Waals surface area contributed by atoms with Crippen LogP contribution in [0.15, 0.2) is 4.99 Å². The molecule has 4 atom stereocenters. The summed E-state index contributed by atoms with van der Waals surface area (Å²) in [6.07, 6.45) is 0.283.